The second-order valence-corrected chi connectivity index (χ2v) is 8.64. The Labute approximate surface area is 167 Å². The molecular formula is C16H15ClF5N3O3S. The number of benzene rings is 1. The summed E-state index contributed by atoms with van der Waals surface area (Å²) in [4.78, 5) is 11.7. The molecule has 160 valence electrons. The van der Waals surface area contributed by atoms with E-state index in [-0.39, 0.29) is 5.69 Å². The number of aromatic nitrogens is 1. The molecule has 6 nitrogen and oxygen atoms in total. The number of nitrogens with one attached hydrogen (secondary N) is 2. The smallest absolute Gasteiger partial charge is 0.345 e. The lowest BCUT2D eigenvalue weighted by molar-refractivity contribution is -0.180. The molecule has 13 heteroatoms. The summed E-state index contributed by atoms with van der Waals surface area (Å²) in [5, 5.41) is 1.24. The second-order valence-electron chi connectivity index (χ2n) is 6.58. The summed E-state index contributed by atoms with van der Waals surface area (Å²) in [6.45, 7) is 1.28. The number of hydrogen-bond acceptors (Lipinski definition) is 3. The van der Waals surface area contributed by atoms with Gasteiger partial charge in [0.15, 0.2) is 5.82 Å². The zero-order chi connectivity index (χ0) is 22.4. The average Bonchev–Trinajstić information content (AvgIpc) is 2.96. The third-order valence-corrected chi connectivity index (χ3v) is 5.87. The fraction of sp³-hybridized carbons (Fsp3) is 0.312. The van der Waals surface area contributed by atoms with Crippen molar-refractivity contribution in [3.8, 4) is 0 Å². The van der Waals surface area contributed by atoms with Crippen LogP contribution in [0.25, 0.3) is 0 Å². The number of amides is 1. The molecule has 0 aliphatic heterocycles. The maximum atomic E-state index is 13.9. The largest absolute Gasteiger partial charge is 0.407 e. The van der Waals surface area contributed by atoms with E-state index in [2.05, 4.69) is 5.32 Å². The molecule has 1 heterocycles. The van der Waals surface area contributed by atoms with Crippen LogP contribution in [0.3, 0.4) is 0 Å². The predicted molar refractivity (Wildman–Crippen MR) is 95.2 cm³/mol. The van der Waals surface area contributed by atoms with Crippen LogP contribution in [-0.4, -0.2) is 30.6 Å². The molecule has 2 aromatic rings. The van der Waals surface area contributed by atoms with Crippen molar-refractivity contribution in [2.75, 3.05) is 5.32 Å². The molecule has 0 bridgehead atoms. The zero-order valence-electron chi connectivity index (χ0n) is 15.2. The average molecular weight is 460 g/mol. The number of rotatable bonds is 5. The number of sulfonamides is 1. The standard InChI is InChI=1S/C16H15ClF5N3O3S/c1-15(2,16(20,21)22)24-29(27,28)8-6-11(25(3)7-8)14(26)23-10-5-4-9(18)12(17)13(10)19/h4-7,24H,1-3H3,(H,23,26). The van der Waals surface area contributed by atoms with Crippen LogP contribution in [0.2, 0.25) is 5.02 Å². The summed E-state index contributed by atoms with van der Waals surface area (Å²) >= 11 is 5.42. The minimum absolute atomic E-state index is 0.310. The molecule has 1 aromatic carbocycles. The third kappa shape index (κ3) is 4.70. The summed E-state index contributed by atoms with van der Waals surface area (Å²) in [5.41, 5.74) is -3.55. The van der Waals surface area contributed by atoms with Crippen molar-refractivity contribution < 1.29 is 35.2 Å². The van der Waals surface area contributed by atoms with Crippen molar-refractivity contribution in [3.63, 3.8) is 0 Å². The molecule has 0 unspecified atom stereocenters. The van der Waals surface area contributed by atoms with Crippen LogP contribution in [0.4, 0.5) is 27.6 Å². The monoisotopic (exact) mass is 459 g/mol. The van der Waals surface area contributed by atoms with E-state index in [1.165, 1.54) is 11.8 Å². The van der Waals surface area contributed by atoms with Gasteiger partial charge >= 0.3 is 6.18 Å². The maximum Gasteiger partial charge on any atom is 0.407 e. The van der Waals surface area contributed by atoms with Gasteiger partial charge in [0.1, 0.15) is 27.0 Å². The molecule has 0 aliphatic carbocycles. The highest BCUT2D eigenvalue weighted by Crippen LogP contribution is 2.31. The molecule has 0 saturated heterocycles. The highest BCUT2D eigenvalue weighted by atomic mass is 35.5. The Kier molecular flexibility index (Phi) is 6.04. The molecule has 0 radical (unpaired) electrons. The van der Waals surface area contributed by atoms with Crippen LogP contribution in [0.1, 0.15) is 24.3 Å². The Hall–Kier alpha value is -2.18. The first kappa shape index (κ1) is 23.1. The van der Waals surface area contributed by atoms with Crippen molar-refractivity contribution in [2.24, 2.45) is 7.05 Å². The van der Waals surface area contributed by atoms with Gasteiger partial charge in [0, 0.05) is 13.2 Å². The molecule has 0 spiro atoms. The van der Waals surface area contributed by atoms with Gasteiger partial charge in [-0.2, -0.15) is 17.9 Å². The Balaban J connectivity index is 2.33. The normalized spacial score (nSPS) is 12.9. The summed E-state index contributed by atoms with van der Waals surface area (Å²) in [6.07, 6.45) is -3.95. The van der Waals surface area contributed by atoms with Crippen molar-refractivity contribution in [3.05, 3.63) is 46.7 Å². The number of carbonyl (C=O) groups excluding carboxylic acids is 1. The van der Waals surface area contributed by atoms with Gasteiger partial charge in [0.2, 0.25) is 10.0 Å². The molecule has 1 aromatic heterocycles. The van der Waals surface area contributed by atoms with Crippen LogP contribution in [0.15, 0.2) is 29.3 Å². The van der Waals surface area contributed by atoms with Gasteiger partial charge in [0.25, 0.3) is 5.91 Å². The number of halogens is 6. The van der Waals surface area contributed by atoms with Gasteiger partial charge in [-0.25, -0.2) is 17.2 Å². The summed E-state index contributed by atoms with van der Waals surface area (Å²) in [6, 6.07) is 2.53. The van der Waals surface area contributed by atoms with Crippen molar-refractivity contribution in [1.82, 2.24) is 9.29 Å². The number of alkyl halides is 3. The molecular weight excluding hydrogens is 445 g/mol. The van der Waals surface area contributed by atoms with E-state index in [0.717, 1.165) is 29.0 Å². The molecule has 0 fully saturated rings. The van der Waals surface area contributed by atoms with E-state index in [1.807, 2.05) is 0 Å². The Morgan fingerprint density at radius 3 is 2.31 bits per heavy atom. The maximum absolute atomic E-state index is 13.9. The molecule has 2 N–H and O–H groups in total. The second kappa shape index (κ2) is 7.58. The van der Waals surface area contributed by atoms with Crippen molar-refractivity contribution in [2.45, 2.75) is 30.5 Å². The Morgan fingerprint density at radius 2 is 1.76 bits per heavy atom. The van der Waals surface area contributed by atoms with Crippen LogP contribution >= 0.6 is 11.6 Å². The third-order valence-electron chi connectivity index (χ3n) is 3.90. The van der Waals surface area contributed by atoms with Gasteiger partial charge in [0.05, 0.1) is 5.69 Å². The van der Waals surface area contributed by atoms with Gasteiger partial charge in [-0.15, -0.1) is 0 Å². The van der Waals surface area contributed by atoms with E-state index in [9.17, 15) is 35.2 Å². The van der Waals surface area contributed by atoms with Gasteiger partial charge in [-0.1, -0.05) is 11.6 Å². The number of hydrogen-bond donors (Lipinski definition) is 2. The summed E-state index contributed by atoms with van der Waals surface area (Å²) in [7, 11) is -3.38. The molecule has 29 heavy (non-hydrogen) atoms. The zero-order valence-corrected chi connectivity index (χ0v) is 16.7. The van der Waals surface area contributed by atoms with Crippen LogP contribution in [0.5, 0.6) is 0 Å². The fourth-order valence-corrected chi connectivity index (χ4v) is 3.80. The fourth-order valence-electron chi connectivity index (χ4n) is 2.17. The van der Waals surface area contributed by atoms with E-state index in [0.29, 0.717) is 13.8 Å². The lowest BCUT2D eigenvalue weighted by atomic mass is 10.1. The van der Waals surface area contributed by atoms with Gasteiger partial charge in [-0.05, 0) is 32.0 Å². The molecule has 0 atom stereocenters. The van der Waals surface area contributed by atoms with Crippen LogP contribution in [0, 0.1) is 11.6 Å². The van der Waals surface area contributed by atoms with Crippen molar-refractivity contribution in [1.29, 1.82) is 0 Å². The van der Waals surface area contributed by atoms with E-state index < -0.39 is 54.9 Å². The predicted octanol–water partition coefficient (Wildman–Crippen LogP) is 3.83. The molecule has 2 rings (SSSR count). The van der Waals surface area contributed by atoms with Crippen molar-refractivity contribution >= 4 is 33.2 Å². The number of anilines is 1. The number of nitrogens with zero attached hydrogens (tertiary/aromatic N) is 1. The van der Waals surface area contributed by atoms with E-state index in [1.54, 1.807) is 0 Å². The number of carbonyl (C=O) groups is 1. The summed E-state index contributed by atoms with van der Waals surface area (Å²) in [5.74, 6) is -3.28. The Morgan fingerprint density at radius 1 is 1.17 bits per heavy atom. The number of aryl methyl sites for hydroxylation is 1. The van der Waals surface area contributed by atoms with Gasteiger partial charge < -0.3 is 9.88 Å². The minimum atomic E-state index is -4.87. The first-order chi connectivity index (χ1) is 13.1. The molecule has 1 amide bonds. The molecule has 0 saturated carbocycles. The van der Waals surface area contributed by atoms with Crippen LogP contribution in [-0.2, 0) is 17.1 Å². The van der Waals surface area contributed by atoms with E-state index in [4.69, 9.17) is 11.6 Å². The first-order valence-electron chi connectivity index (χ1n) is 7.79. The highest BCUT2D eigenvalue weighted by molar-refractivity contribution is 7.89. The quantitative estimate of drug-likeness (QED) is 0.527. The Bertz CT molecular complexity index is 1060. The van der Waals surface area contributed by atoms with Gasteiger partial charge in [-0.3, -0.25) is 4.79 Å². The minimum Gasteiger partial charge on any atom is -0.345 e. The summed E-state index contributed by atoms with van der Waals surface area (Å²) < 4.78 is 93.2. The topological polar surface area (TPSA) is 80.2 Å². The lowest BCUT2D eigenvalue weighted by Crippen LogP contribution is -2.54. The lowest BCUT2D eigenvalue weighted by Gasteiger charge is -2.28. The highest BCUT2D eigenvalue weighted by Gasteiger charge is 2.50. The van der Waals surface area contributed by atoms with E-state index >= 15 is 0 Å². The SMILES string of the molecule is Cn1cc(S(=O)(=O)NC(C)(C)C(F)(F)F)cc1C(=O)Nc1ccc(F)c(Cl)c1F. The van der Waals surface area contributed by atoms with Crippen LogP contribution < -0.4 is 10.0 Å². The first-order valence-corrected chi connectivity index (χ1v) is 9.65. The molecule has 0 aliphatic rings.